The van der Waals surface area contributed by atoms with Crippen molar-refractivity contribution in [3.63, 3.8) is 0 Å². The molecule has 2 aromatic rings. The highest BCUT2D eigenvalue weighted by Gasteiger charge is 2.13. The van der Waals surface area contributed by atoms with Gasteiger partial charge in [0, 0.05) is 5.56 Å². The minimum absolute atomic E-state index is 0.0760. The molecule has 1 heterocycles. The molecule has 20 heavy (non-hydrogen) atoms. The molecule has 0 atom stereocenters. The number of benzene rings is 1. The smallest absolute Gasteiger partial charge is 0.272 e. The molecular weight excluding hydrogens is 256 g/mol. The minimum atomic E-state index is -0.519. The van der Waals surface area contributed by atoms with Crippen LogP contribution in [0.1, 0.15) is 5.56 Å². The minimum Gasteiger partial charge on any atom is -0.497 e. The Hall–Kier alpha value is -3.12. The summed E-state index contributed by atoms with van der Waals surface area (Å²) in [5.41, 5.74) is 0.348. The Morgan fingerprint density at radius 2 is 2.00 bits per heavy atom. The van der Waals surface area contributed by atoms with Crippen LogP contribution in [0.25, 0.3) is 11.3 Å². The third-order valence-corrected chi connectivity index (χ3v) is 2.75. The second-order valence-electron chi connectivity index (χ2n) is 3.90. The van der Waals surface area contributed by atoms with Crippen molar-refractivity contribution in [3.05, 3.63) is 46.5 Å². The molecule has 98 valence electrons. The van der Waals surface area contributed by atoms with Crippen LogP contribution in [0.4, 0.5) is 0 Å². The van der Waals surface area contributed by atoms with Crippen LogP contribution in [0.2, 0.25) is 0 Å². The first-order valence-electron chi connectivity index (χ1n) is 5.72. The largest absolute Gasteiger partial charge is 0.497 e. The summed E-state index contributed by atoms with van der Waals surface area (Å²) in [6.07, 6.45) is 1.27. The molecule has 1 aromatic carbocycles. The van der Waals surface area contributed by atoms with E-state index in [4.69, 9.17) is 15.3 Å². The van der Waals surface area contributed by atoms with Gasteiger partial charge >= 0.3 is 0 Å². The summed E-state index contributed by atoms with van der Waals surface area (Å²) >= 11 is 0. The number of nitriles is 2. The highest BCUT2D eigenvalue weighted by atomic mass is 16.5. The number of aromatic nitrogens is 2. The molecule has 0 spiro atoms. The molecule has 2 rings (SSSR count). The number of nitrogens with zero attached hydrogens (tertiary/aromatic N) is 4. The lowest BCUT2D eigenvalue weighted by molar-refractivity contribution is 0.415. The normalized spacial score (nSPS) is 9.55. The van der Waals surface area contributed by atoms with Gasteiger partial charge in [0.2, 0.25) is 0 Å². The number of hydrogen-bond acceptors (Lipinski definition) is 5. The fourth-order valence-electron chi connectivity index (χ4n) is 1.75. The summed E-state index contributed by atoms with van der Waals surface area (Å²) in [7, 11) is 1.55. The topological polar surface area (TPSA) is 91.7 Å². The Bertz CT molecular complexity index is 764. The number of hydrogen-bond donors (Lipinski definition) is 0. The van der Waals surface area contributed by atoms with Gasteiger partial charge in [-0.1, -0.05) is 0 Å². The summed E-state index contributed by atoms with van der Waals surface area (Å²) in [5, 5.41) is 17.8. The Morgan fingerprint density at radius 1 is 1.30 bits per heavy atom. The lowest BCUT2D eigenvalue weighted by Crippen LogP contribution is -2.23. The van der Waals surface area contributed by atoms with E-state index in [9.17, 15) is 4.79 Å². The van der Waals surface area contributed by atoms with Crippen molar-refractivity contribution < 1.29 is 4.74 Å². The van der Waals surface area contributed by atoms with Gasteiger partial charge in [-0.25, -0.2) is 4.98 Å². The maximum atomic E-state index is 12.0. The monoisotopic (exact) mass is 266 g/mol. The van der Waals surface area contributed by atoms with Gasteiger partial charge in [0.1, 0.15) is 23.9 Å². The molecule has 0 saturated carbocycles. The summed E-state index contributed by atoms with van der Waals surface area (Å²) in [6, 6.07) is 10.6. The van der Waals surface area contributed by atoms with Crippen molar-refractivity contribution in [2.75, 3.05) is 7.11 Å². The van der Waals surface area contributed by atoms with Crippen LogP contribution in [0.3, 0.4) is 0 Å². The zero-order valence-electron chi connectivity index (χ0n) is 10.7. The molecule has 6 heteroatoms. The van der Waals surface area contributed by atoms with Crippen molar-refractivity contribution in [2.24, 2.45) is 0 Å². The molecule has 0 bridgehead atoms. The molecule has 0 unspecified atom stereocenters. The van der Waals surface area contributed by atoms with E-state index in [2.05, 4.69) is 4.98 Å². The molecule has 0 amide bonds. The van der Waals surface area contributed by atoms with Gasteiger partial charge in [-0.05, 0) is 24.3 Å². The first kappa shape index (κ1) is 13.3. The molecule has 0 aliphatic rings. The maximum Gasteiger partial charge on any atom is 0.272 e. The lowest BCUT2D eigenvalue weighted by atomic mass is 10.1. The van der Waals surface area contributed by atoms with Crippen LogP contribution in [-0.4, -0.2) is 16.7 Å². The van der Waals surface area contributed by atoms with Crippen molar-refractivity contribution in [2.45, 2.75) is 6.54 Å². The van der Waals surface area contributed by atoms with E-state index in [1.807, 2.05) is 12.1 Å². The van der Waals surface area contributed by atoms with Crippen LogP contribution in [0.15, 0.2) is 35.4 Å². The van der Waals surface area contributed by atoms with Crippen molar-refractivity contribution in [3.8, 4) is 29.1 Å². The Balaban J connectivity index is 2.57. The summed E-state index contributed by atoms with van der Waals surface area (Å²) in [6.45, 7) is -0.136. The molecule has 0 radical (unpaired) electrons. The Kier molecular flexibility index (Phi) is 3.78. The molecule has 0 aliphatic carbocycles. The Labute approximate surface area is 115 Å². The fourth-order valence-corrected chi connectivity index (χ4v) is 1.75. The van der Waals surface area contributed by atoms with E-state index < -0.39 is 5.56 Å². The molecule has 0 saturated heterocycles. The average Bonchev–Trinajstić information content (AvgIpc) is 2.49. The van der Waals surface area contributed by atoms with Gasteiger partial charge in [-0.3, -0.25) is 9.36 Å². The van der Waals surface area contributed by atoms with Crippen LogP contribution >= 0.6 is 0 Å². The second kappa shape index (κ2) is 5.68. The molecule has 1 aromatic heterocycles. The quantitative estimate of drug-likeness (QED) is 0.835. The van der Waals surface area contributed by atoms with Crippen molar-refractivity contribution in [1.29, 1.82) is 10.5 Å². The van der Waals surface area contributed by atoms with Crippen LogP contribution < -0.4 is 10.3 Å². The molecule has 0 N–H and O–H groups in total. The first-order chi connectivity index (χ1) is 9.71. The second-order valence-corrected chi connectivity index (χ2v) is 3.90. The predicted octanol–water partition coefficient (Wildman–Crippen LogP) is 1.31. The Morgan fingerprint density at radius 3 is 2.55 bits per heavy atom. The van der Waals surface area contributed by atoms with Crippen molar-refractivity contribution in [1.82, 2.24) is 9.55 Å². The van der Waals surface area contributed by atoms with Gasteiger partial charge in [-0.15, -0.1) is 0 Å². The van der Waals surface area contributed by atoms with Gasteiger partial charge in [0.25, 0.3) is 5.56 Å². The highest BCUT2D eigenvalue weighted by molar-refractivity contribution is 5.66. The predicted molar refractivity (Wildman–Crippen MR) is 70.8 cm³/mol. The zero-order chi connectivity index (χ0) is 14.5. The van der Waals surface area contributed by atoms with Crippen LogP contribution in [-0.2, 0) is 6.54 Å². The van der Waals surface area contributed by atoms with Crippen molar-refractivity contribution >= 4 is 0 Å². The summed E-state index contributed by atoms with van der Waals surface area (Å²) in [4.78, 5) is 16.1. The number of rotatable bonds is 3. The van der Waals surface area contributed by atoms with Crippen LogP contribution in [0.5, 0.6) is 5.75 Å². The third-order valence-electron chi connectivity index (χ3n) is 2.75. The first-order valence-corrected chi connectivity index (χ1v) is 5.72. The third kappa shape index (κ3) is 2.36. The van der Waals surface area contributed by atoms with Crippen LogP contribution in [0, 0.1) is 22.7 Å². The van der Waals surface area contributed by atoms with Gasteiger partial charge in [0.05, 0.1) is 25.2 Å². The SMILES string of the molecule is COc1ccc(-c2ncn(CC#N)c(=O)c2C#N)cc1. The molecular formula is C14H10N4O2. The standard InChI is InChI=1S/C14H10N4O2/c1-20-11-4-2-10(3-5-11)13-12(8-16)14(19)18(7-6-15)9-17-13/h2-5,9H,7H2,1H3. The number of methoxy groups -OCH3 is 1. The summed E-state index contributed by atoms with van der Waals surface area (Å²) < 4.78 is 6.15. The molecule has 0 aliphatic heterocycles. The summed E-state index contributed by atoms with van der Waals surface area (Å²) in [5.74, 6) is 0.671. The van der Waals surface area contributed by atoms with E-state index in [-0.39, 0.29) is 12.1 Å². The van der Waals surface area contributed by atoms with E-state index in [1.54, 1.807) is 31.4 Å². The van der Waals surface area contributed by atoms with E-state index in [0.717, 1.165) is 4.57 Å². The van der Waals surface area contributed by atoms with Gasteiger partial charge < -0.3 is 4.74 Å². The lowest BCUT2D eigenvalue weighted by Gasteiger charge is -2.06. The maximum absolute atomic E-state index is 12.0. The fraction of sp³-hybridized carbons (Fsp3) is 0.143. The average molecular weight is 266 g/mol. The van der Waals surface area contributed by atoms with E-state index >= 15 is 0 Å². The highest BCUT2D eigenvalue weighted by Crippen LogP contribution is 2.21. The molecule has 6 nitrogen and oxygen atoms in total. The number of ether oxygens (including phenoxy) is 1. The van der Waals surface area contributed by atoms with E-state index in [0.29, 0.717) is 17.0 Å². The van der Waals surface area contributed by atoms with Gasteiger partial charge in [0.15, 0.2) is 0 Å². The molecule has 0 fully saturated rings. The van der Waals surface area contributed by atoms with E-state index in [1.165, 1.54) is 6.33 Å². The zero-order valence-corrected chi connectivity index (χ0v) is 10.7. The van der Waals surface area contributed by atoms with Gasteiger partial charge in [-0.2, -0.15) is 10.5 Å².